The number of anilines is 1. The van der Waals surface area contributed by atoms with Gasteiger partial charge in [0, 0.05) is 26.0 Å². The fraction of sp³-hybridized carbons (Fsp3) is 0.500. The van der Waals surface area contributed by atoms with Crippen LogP contribution in [0.2, 0.25) is 0 Å². The van der Waals surface area contributed by atoms with E-state index in [4.69, 9.17) is 10.6 Å². The third-order valence-corrected chi connectivity index (χ3v) is 3.08. The van der Waals surface area contributed by atoms with E-state index in [1.807, 2.05) is 0 Å². The molecule has 6 heteroatoms. The Balaban J connectivity index is 1.90. The molecule has 0 aliphatic carbocycles. The van der Waals surface area contributed by atoms with Gasteiger partial charge >= 0.3 is 0 Å². The molecule has 1 aliphatic heterocycles. The lowest BCUT2D eigenvalue weighted by Gasteiger charge is -2.22. The predicted octanol–water partition coefficient (Wildman–Crippen LogP) is 0.524. The molecular formula is C12H18N4O2. The van der Waals surface area contributed by atoms with Crippen molar-refractivity contribution in [3.8, 4) is 0 Å². The van der Waals surface area contributed by atoms with Crippen LogP contribution in [0.1, 0.15) is 23.2 Å². The number of ether oxygens (including phenoxy) is 1. The average Bonchev–Trinajstić information content (AvgIpc) is 2.45. The van der Waals surface area contributed by atoms with Gasteiger partial charge in [-0.05, 0) is 30.9 Å². The minimum absolute atomic E-state index is 0.150. The van der Waals surface area contributed by atoms with Gasteiger partial charge in [0.2, 0.25) is 0 Å². The summed E-state index contributed by atoms with van der Waals surface area (Å²) in [6, 6.07) is 3.41. The molecule has 1 aromatic heterocycles. The second-order valence-corrected chi connectivity index (χ2v) is 4.31. The number of carbonyl (C=O) groups is 1. The summed E-state index contributed by atoms with van der Waals surface area (Å²) in [5.41, 5.74) is 2.89. The van der Waals surface area contributed by atoms with Crippen molar-refractivity contribution in [1.29, 1.82) is 0 Å². The normalized spacial score (nSPS) is 16.3. The quantitative estimate of drug-likeness (QED) is 0.535. The maximum atomic E-state index is 12.0. The molecular weight excluding hydrogens is 232 g/mol. The largest absolute Gasteiger partial charge is 0.381 e. The van der Waals surface area contributed by atoms with Gasteiger partial charge in [-0.2, -0.15) is 0 Å². The molecule has 0 unspecified atom stereocenters. The zero-order valence-corrected chi connectivity index (χ0v) is 10.2. The van der Waals surface area contributed by atoms with Gasteiger partial charge < -0.3 is 15.5 Å². The fourth-order valence-corrected chi connectivity index (χ4v) is 1.99. The Bertz CT molecular complexity index is 405. The summed E-state index contributed by atoms with van der Waals surface area (Å²) in [7, 11) is 0. The van der Waals surface area contributed by atoms with Gasteiger partial charge in [-0.15, -0.1) is 0 Å². The molecule has 18 heavy (non-hydrogen) atoms. The fourth-order valence-electron chi connectivity index (χ4n) is 1.99. The molecule has 0 saturated carbocycles. The number of nitrogens with zero attached hydrogens (tertiary/aromatic N) is 1. The molecule has 1 aliphatic rings. The van der Waals surface area contributed by atoms with Crippen LogP contribution in [0.5, 0.6) is 0 Å². The minimum atomic E-state index is -0.150. The Labute approximate surface area is 106 Å². The summed E-state index contributed by atoms with van der Waals surface area (Å²) in [4.78, 5) is 16.0. The molecule has 0 spiro atoms. The number of rotatable bonds is 4. The van der Waals surface area contributed by atoms with E-state index in [2.05, 4.69) is 15.7 Å². The molecule has 1 fully saturated rings. The first-order valence-corrected chi connectivity index (χ1v) is 6.09. The van der Waals surface area contributed by atoms with Crippen LogP contribution in [-0.4, -0.2) is 30.6 Å². The van der Waals surface area contributed by atoms with Crippen LogP contribution in [-0.2, 0) is 4.74 Å². The minimum Gasteiger partial charge on any atom is -0.381 e. The Morgan fingerprint density at radius 1 is 1.50 bits per heavy atom. The van der Waals surface area contributed by atoms with Crippen LogP contribution in [0.15, 0.2) is 18.3 Å². The summed E-state index contributed by atoms with van der Waals surface area (Å²) in [5.74, 6) is 6.05. The standard InChI is InChI=1S/C12H18N4O2/c13-16-11-10(2-1-5-14-11)12(17)15-8-9-3-6-18-7-4-9/h1-2,5,9H,3-4,6-8,13H2,(H,14,16)(H,15,17). The Kier molecular flexibility index (Phi) is 4.49. The van der Waals surface area contributed by atoms with Gasteiger partial charge in [0.15, 0.2) is 5.82 Å². The lowest BCUT2D eigenvalue weighted by molar-refractivity contribution is 0.0643. The Hall–Kier alpha value is -1.66. The molecule has 0 bridgehead atoms. The van der Waals surface area contributed by atoms with Crippen LogP contribution < -0.4 is 16.6 Å². The van der Waals surface area contributed by atoms with Gasteiger partial charge in [0.25, 0.3) is 5.91 Å². The third kappa shape index (κ3) is 3.18. The number of nitrogens with two attached hydrogens (primary N) is 1. The van der Waals surface area contributed by atoms with Crippen molar-refractivity contribution in [2.24, 2.45) is 11.8 Å². The number of amides is 1. The maximum Gasteiger partial charge on any atom is 0.255 e. The maximum absolute atomic E-state index is 12.0. The monoisotopic (exact) mass is 250 g/mol. The Morgan fingerprint density at radius 2 is 2.28 bits per heavy atom. The van der Waals surface area contributed by atoms with E-state index in [9.17, 15) is 4.79 Å². The van der Waals surface area contributed by atoms with Crippen molar-refractivity contribution >= 4 is 11.7 Å². The molecule has 2 heterocycles. The van der Waals surface area contributed by atoms with Crippen LogP contribution in [0.4, 0.5) is 5.82 Å². The SMILES string of the molecule is NNc1ncccc1C(=O)NCC1CCOCC1. The highest BCUT2D eigenvalue weighted by Gasteiger charge is 2.16. The summed E-state index contributed by atoms with van der Waals surface area (Å²) in [5, 5.41) is 2.91. The van der Waals surface area contributed by atoms with Crippen LogP contribution in [0.3, 0.4) is 0 Å². The lowest BCUT2D eigenvalue weighted by atomic mass is 10.0. The highest BCUT2D eigenvalue weighted by atomic mass is 16.5. The number of nitrogen functional groups attached to an aromatic ring is 1. The van der Waals surface area contributed by atoms with E-state index in [1.165, 1.54) is 0 Å². The second kappa shape index (κ2) is 6.32. The lowest BCUT2D eigenvalue weighted by Crippen LogP contribution is -2.32. The molecule has 1 saturated heterocycles. The van der Waals surface area contributed by atoms with Crippen molar-refractivity contribution in [3.63, 3.8) is 0 Å². The number of hydrazine groups is 1. The Morgan fingerprint density at radius 3 is 3.00 bits per heavy atom. The molecule has 98 valence electrons. The van der Waals surface area contributed by atoms with Crippen molar-refractivity contribution in [2.75, 3.05) is 25.2 Å². The summed E-state index contributed by atoms with van der Waals surface area (Å²) >= 11 is 0. The van der Waals surface area contributed by atoms with Gasteiger partial charge in [0.1, 0.15) is 0 Å². The summed E-state index contributed by atoms with van der Waals surface area (Å²) in [6.07, 6.45) is 3.58. The van der Waals surface area contributed by atoms with Crippen molar-refractivity contribution in [1.82, 2.24) is 10.3 Å². The number of nitrogens with one attached hydrogen (secondary N) is 2. The van der Waals surface area contributed by atoms with Crippen LogP contribution in [0, 0.1) is 5.92 Å². The smallest absolute Gasteiger partial charge is 0.255 e. The molecule has 0 atom stereocenters. The average molecular weight is 250 g/mol. The van der Waals surface area contributed by atoms with Crippen molar-refractivity contribution in [2.45, 2.75) is 12.8 Å². The molecule has 1 amide bonds. The van der Waals surface area contributed by atoms with Crippen molar-refractivity contribution in [3.05, 3.63) is 23.9 Å². The molecule has 0 aromatic carbocycles. The highest BCUT2D eigenvalue weighted by molar-refractivity contribution is 5.98. The van der Waals surface area contributed by atoms with Gasteiger partial charge in [-0.25, -0.2) is 10.8 Å². The first-order chi connectivity index (χ1) is 8.81. The van der Waals surface area contributed by atoms with Gasteiger partial charge in [0.05, 0.1) is 5.56 Å². The molecule has 6 nitrogen and oxygen atoms in total. The van der Waals surface area contributed by atoms with Gasteiger partial charge in [-0.3, -0.25) is 4.79 Å². The summed E-state index contributed by atoms with van der Waals surface area (Å²) in [6.45, 7) is 2.23. The zero-order chi connectivity index (χ0) is 12.8. The van der Waals surface area contributed by atoms with E-state index in [0.717, 1.165) is 26.1 Å². The first-order valence-electron chi connectivity index (χ1n) is 6.09. The number of hydrogen-bond acceptors (Lipinski definition) is 5. The topological polar surface area (TPSA) is 89.3 Å². The second-order valence-electron chi connectivity index (χ2n) is 4.31. The molecule has 4 N–H and O–H groups in total. The first kappa shape index (κ1) is 12.8. The summed E-state index contributed by atoms with van der Waals surface area (Å²) < 4.78 is 5.28. The van der Waals surface area contributed by atoms with E-state index >= 15 is 0 Å². The number of aromatic nitrogens is 1. The predicted molar refractivity (Wildman–Crippen MR) is 67.9 cm³/mol. The molecule has 1 aromatic rings. The molecule has 0 radical (unpaired) electrons. The zero-order valence-electron chi connectivity index (χ0n) is 10.2. The molecule has 2 rings (SSSR count). The van der Waals surface area contributed by atoms with Crippen LogP contribution >= 0.6 is 0 Å². The number of carbonyl (C=O) groups excluding carboxylic acids is 1. The van der Waals surface area contributed by atoms with E-state index in [-0.39, 0.29) is 5.91 Å². The highest BCUT2D eigenvalue weighted by Crippen LogP contribution is 2.14. The van der Waals surface area contributed by atoms with Crippen molar-refractivity contribution < 1.29 is 9.53 Å². The number of pyridine rings is 1. The third-order valence-electron chi connectivity index (χ3n) is 3.08. The number of hydrogen-bond donors (Lipinski definition) is 3. The van der Waals surface area contributed by atoms with E-state index < -0.39 is 0 Å². The van der Waals surface area contributed by atoms with E-state index in [1.54, 1.807) is 18.3 Å². The van der Waals surface area contributed by atoms with Crippen LogP contribution in [0.25, 0.3) is 0 Å². The van der Waals surface area contributed by atoms with E-state index in [0.29, 0.717) is 23.8 Å². The van der Waals surface area contributed by atoms with Gasteiger partial charge in [-0.1, -0.05) is 0 Å².